The highest BCUT2D eigenvalue weighted by atomic mass is 16.4. The van der Waals surface area contributed by atoms with Crippen LogP contribution in [0.1, 0.15) is 38.5 Å². The summed E-state index contributed by atoms with van der Waals surface area (Å²) in [5.74, 6) is -1.14. The van der Waals surface area contributed by atoms with Crippen molar-refractivity contribution in [1.82, 2.24) is 0 Å². The first-order valence-electron chi connectivity index (χ1n) is 6.84. The molecule has 2 rings (SSSR count). The van der Waals surface area contributed by atoms with E-state index in [-0.39, 0.29) is 18.1 Å². The molecule has 5 nitrogen and oxygen atoms in total. The highest BCUT2D eigenvalue weighted by molar-refractivity contribution is 5.94. The third-order valence-electron chi connectivity index (χ3n) is 3.89. The van der Waals surface area contributed by atoms with E-state index in [1.54, 1.807) is 12.1 Å². The fourth-order valence-corrected chi connectivity index (χ4v) is 2.79. The SMILES string of the molecule is O=C(CC1(C(=O)O)CCCCC1)Nc1cccc(O)c1. The predicted octanol–water partition coefficient (Wildman–Crippen LogP) is 2.76. The van der Waals surface area contributed by atoms with E-state index < -0.39 is 11.4 Å². The quantitative estimate of drug-likeness (QED) is 0.789. The van der Waals surface area contributed by atoms with Gasteiger partial charge in [-0.15, -0.1) is 0 Å². The Morgan fingerprint density at radius 2 is 1.90 bits per heavy atom. The van der Waals surface area contributed by atoms with E-state index >= 15 is 0 Å². The molecule has 0 saturated heterocycles. The van der Waals surface area contributed by atoms with Gasteiger partial charge in [0.15, 0.2) is 0 Å². The maximum absolute atomic E-state index is 12.0. The number of hydrogen-bond acceptors (Lipinski definition) is 3. The maximum atomic E-state index is 12.0. The molecule has 1 aliphatic carbocycles. The number of carboxylic acids is 1. The molecule has 0 aliphatic heterocycles. The summed E-state index contributed by atoms with van der Waals surface area (Å²) in [6.45, 7) is 0. The predicted molar refractivity (Wildman–Crippen MR) is 74.5 cm³/mol. The number of benzene rings is 1. The second kappa shape index (κ2) is 5.94. The molecule has 0 atom stereocenters. The number of rotatable bonds is 4. The van der Waals surface area contributed by atoms with E-state index in [0.29, 0.717) is 18.5 Å². The highest BCUT2D eigenvalue weighted by Crippen LogP contribution is 2.39. The number of anilines is 1. The topological polar surface area (TPSA) is 86.6 Å². The molecule has 1 amide bonds. The lowest BCUT2D eigenvalue weighted by Crippen LogP contribution is -2.37. The maximum Gasteiger partial charge on any atom is 0.310 e. The second-order valence-corrected chi connectivity index (χ2v) is 5.42. The number of carboxylic acid groups (broad SMARTS) is 1. The molecule has 0 unspecified atom stereocenters. The molecule has 0 spiro atoms. The van der Waals surface area contributed by atoms with E-state index in [4.69, 9.17) is 0 Å². The van der Waals surface area contributed by atoms with Gasteiger partial charge in [0.2, 0.25) is 5.91 Å². The lowest BCUT2D eigenvalue weighted by atomic mass is 9.71. The van der Waals surface area contributed by atoms with Gasteiger partial charge in [-0.25, -0.2) is 0 Å². The van der Waals surface area contributed by atoms with Gasteiger partial charge < -0.3 is 15.5 Å². The molecule has 1 aromatic rings. The van der Waals surface area contributed by atoms with E-state index in [2.05, 4.69) is 5.32 Å². The lowest BCUT2D eigenvalue weighted by Gasteiger charge is -2.32. The number of nitrogens with one attached hydrogen (secondary N) is 1. The van der Waals surface area contributed by atoms with Crippen LogP contribution >= 0.6 is 0 Å². The first-order chi connectivity index (χ1) is 9.52. The van der Waals surface area contributed by atoms with E-state index in [1.807, 2.05) is 0 Å². The molecule has 0 radical (unpaired) electrons. The smallest absolute Gasteiger partial charge is 0.310 e. The van der Waals surface area contributed by atoms with Crippen LogP contribution in [0.25, 0.3) is 0 Å². The number of phenols is 1. The zero-order valence-electron chi connectivity index (χ0n) is 11.3. The summed E-state index contributed by atoms with van der Waals surface area (Å²) in [6, 6.07) is 6.23. The summed E-state index contributed by atoms with van der Waals surface area (Å²) >= 11 is 0. The normalized spacial score (nSPS) is 17.4. The molecule has 1 aliphatic rings. The zero-order chi connectivity index (χ0) is 14.6. The van der Waals surface area contributed by atoms with Crippen LogP contribution in [0.15, 0.2) is 24.3 Å². The van der Waals surface area contributed by atoms with Crippen LogP contribution in [0, 0.1) is 5.41 Å². The minimum Gasteiger partial charge on any atom is -0.508 e. The van der Waals surface area contributed by atoms with Crippen molar-refractivity contribution >= 4 is 17.6 Å². The van der Waals surface area contributed by atoms with Gasteiger partial charge >= 0.3 is 5.97 Å². The Hall–Kier alpha value is -2.04. The van der Waals surface area contributed by atoms with Gasteiger partial charge in [-0.05, 0) is 25.0 Å². The first-order valence-corrected chi connectivity index (χ1v) is 6.84. The van der Waals surface area contributed by atoms with Gasteiger partial charge in [0.05, 0.1) is 5.41 Å². The van der Waals surface area contributed by atoms with Crippen molar-refractivity contribution in [3.63, 3.8) is 0 Å². The number of aliphatic carboxylic acids is 1. The van der Waals surface area contributed by atoms with Crippen molar-refractivity contribution in [3.8, 4) is 5.75 Å². The zero-order valence-corrected chi connectivity index (χ0v) is 11.3. The summed E-state index contributed by atoms with van der Waals surface area (Å²) in [5.41, 5.74) is -0.453. The largest absolute Gasteiger partial charge is 0.508 e. The number of aromatic hydroxyl groups is 1. The number of hydrogen-bond donors (Lipinski definition) is 3. The Morgan fingerprint density at radius 1 is 1.20 bits per heavy atom. The minimum absolute atomic E-state index is 0.0159. The van der Waals surface area contributed by atoms with Crippen molar-refractivity contribution < 1.29 is 19.8 Å². The molecule has 20 heavy (non-hydrogen) atoms. The number of amides is 1. The number of carbonyl (C=O) groups is 2. The van der Waals surface area contributed by atoms with Crippen molar-refractivity contribution in [3.05, 3.63) is 24.3 Å². The summed E-state index contributed by atoms with van der Waals surface area (Å²) in [5, 5.41) is 21.4. The third kappa shape index (κ3) is 3.29. The van der Waals surface area contributed by atoms with Crippen molar-refractivity contribution in [2.24, 2.45) is 5.41 Å². The first kappa shape index (κ1) is 14.4. The van der Waals surface area contributed by atoms with Crippen molar-refractivity contribution in [1.29, 1.82) is 0 Å². The molecule has 0 bridgehead atoms. The monoisotopic (exact) mass is 277 g/mol. The lowest BCUT2D eigenvalue weighted by molar-refractivity contribution is -0.153. The summed E-state index contributed by atoms with van der Waals surface area (Å²) in [6.07, 6.45) is 3.82. The molecule has 0 aromatic heterocycles. The third-order valence-corrected chi connectivity index (χ3v) is 3.89. The Kier molecular flexibility index (Phi) is 4.27. The van der Waals surface area contributed by atoms with Crippen LogP contribution in [0.4, 0.5) is 5.69 Å². The van der Waals surface area contributed by atoms with Crippen LogP contribution in [0.2, 0.25) is 0 Å². The van der Waals surface area contributed by atoms with Crippen LogP contribution in [0.5, 0.6) is 5.75 Å². The average Bonchev–Trinajstić information content (AvgIpc) is 2.39. The summed E-state index contributed by atoms with van der Waals surface area (Å²) < 4.78 is 0. The number of carbonyl (C=O) groups excluding carboxylic acids is 1. The average molecular weight is 277 g/mol. The van der Waals surface area contributed by atoms with Gasteiger partial charge in [0, 0.05) is 18.2 Å². The number of phenolic OH excluding ortho intramolecular Hbond substituents is 1. The molecule has 5 heteroatoms. The Balaban J connectivity index is 2.03. The molecule has 3 N–H and O–H groups in total. The Morgan fingerprint density at radius 3 is 2.50 bits per heavy atom. The van der Waals surface area contributed by atoms with Crippen LogP contribution < -0.4 is 5.32 Å². The molecular weight excluding hydrogens is 258 g/mol. The van der Waals surface area contributed by atoms with Crippen LogP contribution in [-0.2, 0) is 9.59 Å². The van der Waals surface area contributed by atoms with Gasteiger partial charge in [0.1, 0.15) is 5.75 Å². The van der Waals surface area contributed by atoms with Crippen molar-refractivity contribution in [2.75, 3.05) is 5.32 Å². The van der Waals surface area contributed by atoms with E-state index in [1.165, 1.54) is 12.1 Å². The summed E-state index contributed by atoms with van der Waals surface area (Å²) in [4.78, 5) is 23.5. The molecule has 1 saturated carbocycles. The summed E-state index contributed by atoms with van der Waals surface area (Å²) in [7, 11) is 0. The highest BCUT2D eigenvalue weighted by Gasteiger charge is 2.41. The van der Waals surface area contributed by atoms with Crippen LogP contribution in [0.3, 0.4) is 0 Å². The van der Waals surface area contributed by atoms with Gasteiger partial charge in [0.25, 0.3) is 0 Å². The molecular formula is C15H19NO4. The van der Waals surface area contributed by atoms with Gasteiger partial charge in [-0.1, -0.05) is 25.3 Å². The fraction of sp³-hybridized carbons (Fsp3) is 0.467. The molecule has 108 valence electrons. The molecule has 1 fully saturated rings. The van der Waals surface area contributed by atoms with E-state index in [9.17, 15) is 19.8 Å². The molecule has 0 heterocycles. The minimum atomic E-state index is -0.931. The van der Waals surface area contributed by atoms with E-state index in [0.717, 1.165) is 19.3 Å². The van der Waals surface area contributed by atoms with Gasteiger partial charge in [-0.3, -0.25) is 9.59 Å². The standard InChI is InChI=1S/C15H19NO4/c17-12-6-4-5-11(9-12)16-13(18)10-15(14(19)20)7-2-1-3-8-15/h4-6,9,17H,1-3,7-8,10H2,(H,16,18)(H,19,20). The Bertz CT molecular complexity index is 506. The second-order valence-electron chi connectivity index (χ2n) is 5.42. The van der Waals surface area contributed by atoms with Crippen molar-refractivity contribution in [2.45, 2.75) is 38.5 Å². The van der Waals surface area contributed by atoms with Crippen LogP contribution in [-0.4, -0.2) is 22.1 Å². The molecule has 1 aromatic carbocycles. The Labute approximate surface area is 117 Å². The van der Waals surface area contributed by atoms with Gasteiger partial charge in [-0.2, -0.15) is 0 Å². The fourth-order valence-electron chi connectivity index (χ4n) is 2.79.